The molecule has 57 heavy (non-hydrogen) atoms. The summed E-state index contributed by atoms with van der Waals surface area (Å²) >= 11 is 7.17. The van der Waals surface area contributed by atoms with E-state index in [4.69, 9.17) is 21.1 Å². The van der Waals surface area contributed by atoms with Crippen LogP contribution in [0, 0.1) is 5.41 Å². The van der Waals surface area contributed by atoms with E-state index in [0.29, 0.717) is 74.0 Å². The summed E-state index contributed by atoms with van der Waals surface area (Å²) in [5.41, 5.74) is 5.19. The largest absolute Gasteiger partial charge is 0.496 e. The number of fused-ring (bicyclic) bond motifs is 1. The first-order valence-electron chi connectivity index (χ1n) is 19.3. The number of carbonyl (C=O) groups excluding carboxylic acids is 2. The van der Waals surface area contributed by atoms with E-state index < -0.39 is 17.8 Å². The van der Waals surface area contributed by atoms with Crippen molar-refractivity contribution < 1.29 is 32.2 Å². The zero-order chi connectivity index (χ0) is 39.9. The first kappa shape index (κ1) is 38.9. The fourth-order valence-electron chi connectivity index (χ4n) is 8.90. The number of anilines is 1. The van der Waals surface area contributed by atoms with Crippen LogP contribution in [-0.2, 0) is 35.3 Å². The number of nitrogens with zero attached hydrogens (tertiary/aromatic N) is 3. The van der Waals surface area contributed by atoms with E-state index in [1.54, 1.807) is 13.3 Å². The molecular weight excluding hydrogens is 759 g/mol. The van der Waals surface area contributed by atoms with Crippen LogP contribution in [0.15, 0.2) is 54.7 Å². The Morgan fingerprint density at radius 1 is 1.00 bits per heavy atom. The highest BCUT2D eigenvalue weighted by Crippen LogP contribution is 2.45. The summed E-state index contributed by atoms with van der Waals surface area (Å²) < 4.78 is 55.4. The molecule has 5 heterocycles. The Kier molecular flexibility index (Phi) is 10.8. The van der Waals surface area contributed by atoms with E-state index in [1.165, 1.54) is 7.11 Å². The number of aromatic nitrogens is 2. The number of hydrogen-bond acceptors (Lipinski definition) is 9. The molecule has 8 rings (SSSR count). The van der Waals surface area contributed by atoms with Gasteiger partial charge in [-0.05, 0) is 60.6 Å². The molecule has 1 spiro atoms. The third-order valence-electron chi connectivity index (χ3n) is 11.6. The number of benzene rings is 2. The van der Waals surface area contributed by atoms with E-state index in [0.717, 1.165) is 58.7 Å². The Morgan fingerprint density at radius 3 is 2.56 bits per heavy atom. The highest BCUT2D eigenvalue weighted by atomic mass is 35.5. The lowest BCUT2D eigenvalue weighted by Crippen LogP contribution is -2.56. The second-order valence-corrected chi connectivity index (χ2v) is 16.0. The minimum absolute atomic E-state index is 0.00896. The smallest absolute Gasteiger partial charge is 0.419 e. The fourth-order valence-corrected chi connectivity index (χ4v) is 9.23. The summed E-state index contributed by atoms with van der Waals surface area (Å²) in [4.78, 5) is 34.5. The molecule has 3 fully saturated rings. The fraction of sp³-hybridized carbons (Fsp3) is 0.429. The van der Waals surface area contributed by atoms with E-state index in [1.807, 2.05) is 47.4 Å². The quantitative estimate of drug-likeness (QED) is 0.124. The second-order valence-electron chi connectivity index (χ2n) is 15.6. The standard InChI is InChI=1S/C42H45ClF3N7O4/c1-56-34-16-24(9-10-25(34)18-47-19-27-11-12-35(54)50-27)38-37(43)31(13-14-48-38)29-5-3-7-30-28(29)6-4-8-33(30)51-39-32(42(44,45)46)15-26(40(52-39)57-2)20-53-22-41(23-53)17-36(55)49-21-41/h3,5,7,9-10,13-16,27,33,47H,4,6,8,11-12,17-23H2,1-2H3,(H,49,55)(H,50,54)(H,51,52)/t27?,33-/m0/s1. The lowest BCUT2D eigenvalue weighted by Gasteiger charge is -2.47. The van der Waals surface area contributed by atoms with Crippen LogP contribution in [-0.4, -0.2) is 73.1 Å². The maximum Gasteiger partial charge on any atom is 0.419 e. The number of nitrogens with one attached hydrogen (secondary N) is 4. The van der Waals surface area contributed by atoms with Crippen LogP contribution < -0.4 is 30.7 Å². The monoisotopic (exact) mass is 803 g/mol. The van der Waals surface area contributed by atoms with Crippen molar-refractivity contribution in [3.8, 4) is 34.0 Å². The van der Waals surface area contributed by atoms with Crippen molar-refractivity contribution in [3.05, 3.63) is 87.6 Å². The first-order valence-corrected chi connectivity index (χ1v) is 19.7. The Morgan fingerprint density at radius 2 is 1.84 bits per heavy atom. The molecule has 2 aromatic carbocycles. The average molecular weight is 804 g/mol. The van der Waals surface area contributed by atoms with Gasteiger partial charge >= 0.3 is 6.18 Å². The highest BCUT2D eigenvalue weighted by Gasteiger charge is 2.48. The van der Waals surface area contributed by atoms with Gasteiger partial charge in [0.25, 0.3) is 0 Å². The van der Waals surface area contributed by atoms with Gasteiger partial charge in [-0.3, -0.25) is 19.5 Å². The summed E-state index contributed by atoms with van der Waals surface area (Å²) in [5, 5.41) is 12.9. The SMILES string of the molecule is COc1cc(-c2nccc(-c3cccc4c3CCC[C@@H]4Nc3nc(OC)c(CN4CC5(CNC(=O)C5)C4)cc3C(F)(F)F)c2Cl)ccc1CNCC1CCC(=O)N1. The van der Waals surface area contributed by atoms with Crippen molar-refractivity contribution in [3.63, 3.8) is 0 Å². The molecule has 4 N–H and O–H groups in total. The number of amides is 2. The number of carbonyl (C=O) groups is 2. The molecule has 2 aromatic heterocycles. The maximum absolute atomic E-state index is 14.7. The van der Waals surface area contributed by atoms with Gasteiger partial charge in [-0.2, -0.15) is 18.2 Å². The lowest BCUT2D eigenvalue weighted by molar-refractivity contribution is -0.137. The number of hydrogen-bond donors (Lipinski definition) is 4. The Balaban J connectivity index is 1.03. The van der Waals surface area contributed by atoms with Crippen LogP contribution >= 0.6 is 11.6 Å². The van der Waals surface area contributed by atoms with Gasteiger partial charge in [0.1, 0.15) is 11.6 Å². The zero-order valence-corrected chi connectivity index (χ0v) is 32.6. The molecule has 1 unspecified atom stereocenters. The van der Waals surface area contributed by atoms with E-state index in [2.05, 4.69) is 31.2 Å². The molecule has 0 bridgehead atoms. The Hall–Kier alpha value is -4.92. The number of alkyl halides is 3. The molecule has 4 aromatic rings. The lowest BCUT2D eigenvalue weighted by atomic mass is 9.79. The summed E-state index contributed by atoms with van der Waals surface area (Å²) in [6, 6.07) is 14.4. The minimum atomic E-state index is -4.67. The predicted molar refractivity (Wildman–Crippen MR) is 210 cm³/mol. The van der Waals surface area contributed by atoms with Crippen LogP contribution in [0.1, 0.15) is 66.0 Å². The van der Waals surface area contributed by atoms with Crippen LogP contribution in [0.4, 0.5) is 19.0 Å². The average Bonchev–Trinajstić information content (AvgIpc) is 3.79. The van der Waals surface area contributed by atoms with Crippen molar-refractivity contribution in [2.75, 3.05) is 45.7 Å². The van der Waals surface area contributed by atoms with Crippen LogP contribution in [0.3, 0.4) is 0 Å². The molecule has 300 valence electrons. The van der Waals surface area contributed by atoms with Gasteiger partial charge in [-0.1, -0.05) is 41.9 Å². The molecule has 2 amide bonds. The van der Waals surface area contributed by atoms with Gasteiger partial charge in [0.2, 0.25) is 17.7 Å². The summed E-state index contributed by atoms with van der Waals surface area (Å²) in [5.74, 6) is 0.619. The molecule has 3 aliphatic heterocycles. The van der Waals surface area contributed by atoms with Crippen LogP contribution in [0.5, 0.6) is 11.6 Å². The number of likely N-dealkylation sites (tertiary alicyclic amines) is 1. The van der Waals surface area contributed by atoms with Gasteiger partial charge in [0.05, 0.1) is 36.5 Å². The Labute approximate surface area is 334 Å². The number of methoxy groups -OCH3 is 2. The Bertz CT molecular complexity index is 2200. The van der Waals surface area contributed by atoms with Crippen molar-refractivity contribution in [1.29, 1.82) is 0 Å². The number of pyridine rings is 2. The van der Waals surface area contributed by atoms with Gasteiger partial charge in [-0.25, -0.2) is 0 Å². The number of ether oxygens (including phenoxy) is 2. The molecule has 15 heteroatoms. The third kappa shape index (κ3) is 7.99. The van der Waals surface area contributed by atoms with Crippen molar-refractivity contribution in [1.82, 2.24) is 30.8 Å². The van der Waals surface area contributed by atoms with E-state index >= 15 is 0 Å². The molecule has 3 saturated heterocycles. The normalized spacial score (nSPS) is 20.2. The van der Waals surface area contributed by atoms with Crippen molar-refractivity contribution in [2.24, 2.45) is 5.41 Å². The number of halogens is 4. The molecule has 1 aliphatic carbocycles. The highest BCUT2D eigenvalue weighted by molar-refractivity contribution is 6.35. The molecule has 11 nitrogen and oxygen atoms in total. The molecule has 0 saturated carbocycles. The summed E-state index contributed by atoms with van der Waals surface area (Å²) in [7, 11) is 3.03. The predicted octanol–water partition coefficient (Wildman–Crippen LogP) is 6.68. The van der Waals surface area contributed by atoms with E-state index in [-0.39, 0.29) is 41.5 Å². The number of rotatable bonds is 12. The van der Waals surface area contributed by atoms with Crippen molar-refractivity contribution in [2.45, 2.75) is 69.9 Å². The minimum Gasteiger partial charge on any atom is -0.496 e. The third-order valence-corrected chi connectivity index (χ3v) is 12.0. The first-order chi connectivity index (χ1) is 27.4. The molecule has 4 aliphatic rings. The second kappa shape index (κ2) is 15.8. The van der Waals surface area contributed by atoms with Gasteiger partial charge in [0, 0.05) is 92.0 Å². The van der Waals surface area contributed by atoms with Gasteiger partial charge in [-0.15, -0.1) is 0 Å². The van der Waals surface area contributed by atoms with Gasteiger partial charge < -0.3 is 30.7 Å². The van der Waals surface area contributed by atoms with E-state index in [9.17, 15) is 22.8 Å². The molecular formula is C42H45ClF3N7O4. The van der Waals surface area contributed by atoms with Crippen LogP contribution in [0.25, 0.3) is 22.4 Å². The van der Waals surface area contributed by atoms with Crippen molar-refractivity contribution >= 4 is 29.2 Å². The maximum atomic E-state index is 14.7. The van der Waals surface area contributed by atoms with Crippen LogP contribution in [0.2, 0.25) is 5.02 Å². The zero-order valence-electron chi connectivity index (χ0n) is 31.8. The summed E-state index contributed by atoms with van der Waals surface area (Å²) in [6.45, 7) is 3.26. The van der Waals surface area contributed by atoms with Gasteiger partial charge in [0.15, 0.2) is 0 Å². The molecule has 0 radical (unpaired) electrons. The topological polar surface area (TPSA) is 130 Å². The molecule has 2 atom stereocenters. The summed E-state index contributed by atoms with van der Waals surface area (Å²) in [6.07, 6.45) is 0.906.